The zero-order valence-electron chi connectivity index (χ0n) is 29.2. The van der Waals surface area contributed by atoms with Gasteiger partial charge in [0.1, 0.15) is 23.9 Å². The largest absolute Gasteiger partial charge is 0.573 e. The number of aromatic amines is 1. The van der Waals surface area contributed by atoms with Crippen molar-refractivity contribution in [3.63, 3.8) is 0 Å². The van der Waals surface area contributed by atoms with Crippen LogP contribution in [0.5, 0.6) is 5.75 Å². The fourth-order valence-corrected chi connectivity index (χ4v) is 6.64. The number of aromatic nitrogens is 3. The summed E-state index contributed by atoms with van der Waals surface area (Å²) in [6.07, 6.45) is -1.35. The number of anilines is 2. The minimum atomic E-state index is -5.05. The Hall–Kier alpha value is -5.84. The van der Waals surface area contributed by atoms with Gasteiger partial charge in [-0.25, -0.2) is 14.8 Å². The molecule has 2 aromatic carbocycles. The molecule has 4 heterocycles. The molecule has 284 valence electrons. The Kier molecular flexibility index (Phi) is 11.3. The van der Waals surface area contributed by atoms with Crippen LogP contribution in [0, 0.1) is 5.92 Å². The van der Waals surface area contributed by atoms with Gasteiger partial charge in [-0.3, -0.25) is 14.4 Å². The number of pyridine rings is 1. The van der Waals surface area contributed by atoms with Gasteiger partial charge in [-0.1, -0.05) is 42.8 Å². The van der Waals surface area contributed by atoms with Crippen LogP contribution in [0.1, 0.15) is 35.6 Å². The number of benzene rings is 2. The summed E-state index contributed by atoms with van der Waals surface area (Å²) in [5.41, 5.74) is 1.72. The second-order valence-corrected chi connectivity index (χ2v) is 13.3. The second-order valence-electron chi connectivity index (χ2n) is 12.9. The normalized spacial score (nSPS) is 17.3. The van der Waals surface area contributed by atoms with Crippen LogP contribution in [0.2, 0.25) is 5.02 Å². The van der Waals surface area contributed by atoms with E-state index in [1.54, 1.807) is 52.4 Å². The predicted molar refractivity (Wildman–Crippen MR) is 192 cm³/mol. The number of carbonyl (C=O) groups is 4. The molecule has 0 aliphatic carbocycles. The Labute approximate surface area is 312 Å². The fraction of sp³-hybridized carbons (Fsp3) is 0.333. The molecule has 14 nitrogen and oxygen atoms in total. The van der Waals surface area contributed by atoms with Gasteiger partial charge in [0.2, 0.25) is 12.3 Å². The third-order valence-corrected chi connectivity index (χ3v) is 9.47. The maximum atomic E-state index is 13.6. The van der Waals surface area contributed by atoms with E-state index in [1.165, 1.54) is 19.4 Å². The molecular weight excluding hydrogens is 733 g/mol. The summed E-state index contributed by atoms with van der Waals surface area (Å²) in [5.74, 6) is -0.149. The number of piperazine rings is 1. The molecule has 2 aliphatic heterocycles. The molecule has 0 radical (unpaired) electrons. The van der Waals surface area contributed by atoms with Crippen LogP contribution < -0.4 is 20.3 Å². The minimum absolute atomic E-state index is 0.0283. The Morgan fingerprint density at radius 2 is 1.74 bits per heavy atom. The summed E-state index contributed by atoms with van der Waals surface area (Å²) in [6.45, 7) is 4.52. The number of likely N-dealkylation sites (tertiary alicyclic amines) is 1. The van der Waals surface area contributed by atoms with Gasteiger partial charge in [0.15, 0.2) is 0 Å². The van der Waals surface area contributed by atoms with E-state index in [0.29, 0.717) is 67.6 Å². The first-order valence-electron chi connectivity index (χ1n) is 16.9. The number of rotatable bonds is 10. The lowest BCUT2D eigenvalue weighted by molar-refractivity contribution is -0.274. The van der Waals surface area contributed by atoms with E-state index < -0.39 is 24.1 Å². The number of ether oxygens (including phenoxy) is 2. The number of hydrogen-bond acceptors (Lipinski definition) is 9. The van der Waals surface area contributed by atoms with Crippen molar-refractivity contribution in [3.05, 3.63) is 77.3 Å². The highest BCUT2D eigenvalue weighted by molar-refractivity contribution is 6.34. The van der Waals surface area contributed by atoms with Gasteiger partial charge in [-0.2, -0.15) is 0 Å². The molecule has 0 bridgehead atoms. The van der Waals surface area contributed by atoms with Crippen LogP contribution in [-0.4, -0.2) is 102 Å². The van der Waals surface area contributed by atoms with Crippen molar-refractivity contribution in [2.45, 2.75) is 25.7 Å². The van der Waals surface area contributed by atoms with E-state index in [9.17, 15) is 32.3 Å². The van der Waals surface area contributed by atoms with Crippen LogP contribution in [0.3, 0.4) is 0 Å². The van der Waals surface area contributed by atoms with Gasteiger partial charge in [-0.05, 0) is 41.7 Å². The number of alkyl carbamates (subject to hydrolysis) is 1. The zero-order chi connectivity index (χ0) is 38.6. The number of imidazole rings is 1. The second kappa shape index (κ2) is 16.0. The summed E-state index contributed by atoms with van der Waals surface area (Å²) in [5, 5.41) is 4.93. The van der Waals surface area contributed by atoms with Crippen LogP contribution in [0.25, 0.3) is 22.4 Å². The molecular formula is C36H36ClF3N8O6. The first-order valence-corrected chi connectivity index (χ1v) is 17.3. The van der Waals surface area contributed by atoms with Crippen LogP contribution in [0.4, 0.5) is 29.5 Å². The van der Waals surface area contributed by atoms with E-state index in [0.717, 1.165) is 12.5 Å². The number of nitrogens with zero attached hydrogens (tertiary/aromatic N) is 5. The molecule has 2 aromatic heterocycles. The van der Waals surface area contributed by atoms with Gasteiger partial charge in [0.25, 0.3) is 5.91 Å². The Morgan fingerprint density at radius 3 is 2.39 bits per heavy atom. The topological polar surface area (TPSA) is 162 Å². The predicted octanol–water partition coefficient (Wildman–Crippen LogP) is 5.49. The van der Waals surface area contributed by atoms with Crippen molar-refractivity contribution < 1.29 is 41.8 Å². The number of hydrogen-bond donors (Lipinski definition) is 3. The van der Waals surface area contributed by atoms with Gasteiger partial charge in [-0.15, -0.1) is 13.2 Å². The Balaban J connectivity index is 1.17. The lowest BCUT2D eigenvalue weighted by Crippen LogP contribution is -2.46. The fourth-order valence-electron chi connectivity index (χ4n) is 6.43. The summed E-state index contributed by atoms with van der Waals surface area (Å²) in [4.78, 5) is 65.8. The first-order chi connectivity index (χ1) is 25.8. The van der Waals surface area contributed by atoms with Crippen LogP contribution >= 0.6 is 11.6 Å². The lowest BCUT2D eigenvalue weighted by Gasteiger charge is -2.33. The average molecular weight is 769 g/mol. The van der Waals surface area contributed by atoms with E-state index in [-0.39, 0.29) is 46.2 Å². The quantitative estimate of drug-likeness (QED) is 0.177. The highest BCUT2D eigenvalue weighted by Crippen LogP contribution is 2.41. The molecule has 4 amide bonds. The smallest absolute Gasteiger partial charge is 0.453 e. The highest BCUT2D eigenvalue weighted by atomic mass is 35.5. The van der Waals surface area contributed by atoms with Crippen LogP contribution in [-0.2, 0) is 14.3 Å². The standard InChI is InChI=1S/C36H36ClF3N8O6/c1-21-13-29(48(19-21)32(50)18-43-35(52)53-2)33-42-17-28(44-33)23-5-3-22(4-6-23)25-14-26(37)27(15-30(25)54-36(38,39)40)45-34(51)24-7-8-31(41-16-24)47-11-9-46(20-49)10-12-47/h3-8,14-17,20-21,29H,9-13,18-19H2,1-2H3,(H,42,44)(H,43,52)(H,45,51). The molecule has 54 heavy (non-hydrogen) atoms. The minimum Gasteiger partial charge on any atom is -0.453 e. The van der Waals surface area contributed by atoms with Crippen molar-refractivity contribution in [3.8, 4) is 28.1 Å². The van der Waals surface area contributed by atoms with Crippen molar-refractivity contribution in [1.29, 1.82) is 0 Å². The van der Waals surface area contributed by atoms with Gasteiger partial charge in [0.05, 0.1) is 41.3 Å². The summed E-state index contributed by atoms with van der Waals surface area (Å²) in [7, 11) is 1.21. The van der Waals surface area contributed by atoms with Crippen molar-refractivity contribution in [2.24, 2.45) is 5.92 Å². The summed E-state index contributed by atoms with van der Waals surface area (Å²) in [6, 6.07) is 11.7. The van der Waals surface area contributed by atoms with E-state index >= 15 is 0 Å². The average Bonchev–Trinajstić information content (AvgIpc) is 3.81. The Morgan fingerprint density at radius 1 is 1.02 bits per heavy atom. The number of nitrogens with one attached hydrogen (secondary N) is 3. The molecule has 18 heteroatoms. The molecule has 4 aromatic rings. The Bertz CT molecular complexity index is 2000. The monoisotopic (exact) mass is 768 g/mol. The number of methoxy groups -OCH3 is 1. The molecule has 0 saturated carbocycles. The SMILES string of the molecule is COC(=O)NCC(=O)N1CC(C)CC1c1ncc(-c2ccc(-c3cc(Cl)c(NC(=O)c4ccc(N5CCN(C=O)CC5)nc4)cc3OC(F)(F)F)cc2)[nH]1. The molecule has 2 unspecified atom stereocenters. The number of alkyl halides is 3. The summed E-state index contributed by atoms with van der Waals surface area (Å²) >= 11 is 6.51. The third-order valence-electron chi connectivity index (χ3n) is 9.16. The maximum Gasteiger partial charge on any atom is 0.573 e. The third kappa shape index (κ3) is 8.85. The number of amides is 4. The van der Waals surface area contributed by atoms with Gasteiger partial charge in [0, 0.05) is 50.6 Å². The van der Waals surface area contributed by atoms with Crippen molar-refractivity contribution >= 4 is 47.4 Å². The van der Waals surface area contributed by atoms with Gasteiger partial charge >= 0.3 is 12.5 Å². The number of carbonyl (C=O) groups excluding carboxylic acids is 4. The zero-order valence-corrected chi connectivity index (χ0v) is 29.9. The molecule has 0 spiro atoms. The lowest BCUT2D eigenvalue weighted by atomic mass is 10.0. The maximum absolute atomic E-state index is 13.6. The highest BCUT2D eigenvalue weighted by Gasteiger charge is 2.36. The van der Waals surface area contributed by atoms with E-state index in [4.69, 9.17) is 11.6 Å². The molecule has 2 aliphatic rings. The number of H-pyrrole nitrogens is 1. The van der Waals surface area contributed by atoms with E-state index in [2.05, 4.69) is 35.1 Å². The number of halogens is 4. The van der Waals surface area contributed by atoms with Crippen molar-refractivity contribution in [2.75, 3.05) is 56.6 Å². The van der Waals surface area contributed by atoms with E-state index in [1.807, 2.05) is 11.8 Å². The molecule has 2 fully saturated rings. The molecule has 2 atom stereocenters. The summed E-state index contributed by atoms with van der Waals surface area (Å²) < 4.78 is 49.8. The van der Waals surface area contributed by atoms with Crippen molar-refractivity contribution in [1.82, 2.24) is 30.1 Å². The molecule has 2 saturated heterocycles. The van der Waals surface area contributed by atoms with Crippen LogP contribution in [0.15, 0.2) is 60.9 Å². The molecule has 6 rings (SSSR count). The van der Waals surface area contributed by atoms with Gasteiger partial charge < -0.3 is 39.8 Å². The molecule has 3 N–H and O–H groups in total. The first kappa shape index (κ1) is 37.9.